The van der Waals surface area contributed by atoms with Crippen LogP contribution < -0.4 is 15.1 Å². The SMILES string of the molecule is COc1ccc(-c2c(C)c3ccc(OC(=O)c4ccc(C)cc4)cc3oc2=O)cc1. The Balaban J connectivity index is 1.69. The molecule has 0 amide bonds. The number of ether oxygens (including phenoxy) is 2. The van der Waals surface area contributed by atoms with Gasteiger partial charge in [0.15, 0.2) is 0 Å². The van der Waals surface area contributed by atoms with Crippen LogP contribution in [0.2, 0.25) is 0 Å². The maximum atomic E-state index is 12.7. The summed E-state index contributed by atoms with van der Waals surface area (Å²) in [6.45, 7) is 3.82. The van der Waals surface area contributed by atoms with Gasteiger partial charge in [-0.15, -0.1) is 0 Å². The van der Waals surface area contributed by atoms with Gasteiger partial charge in [-0.2, -0.15) is 0 Å². The summed E-state index contributed by atoms with van der Waals surface area (Å²) in [4.78, 5) is 25.1. The van der Waals surface area contributed by atoms with Crippen molar-refractivity contribution in [1.82, 2.24) is 0 Å². The summed E-state index contributed by atoms with van der Waals surface area (Å²) in [5.74, 6) is 0.553. The maximum Gasteiger partial charge on any atom is 0.344 e. The van der Waals surface area contributed by atoms with Crippen LogP contribution in [-0.4, -0.2) is 13.1 Å². The molecule has 0 atom stereocenters. The van der Waals surface area contributed by atoms with Crippen LogP contribution in [0.1, 0.15) is 21.5 Å². The number of carbonyl (C=O) groups is 1. The fraction of sp³-hybridized carbons (Fsp3) is 0.120. The van der Waals surface area contributed by atoms with Gasteiger partial charge >= 0.3 is 11.6 Å². The highest BCUT2D eigenvalue weighted by Gasteiger charge is 2.15. The Morgan fingerprint density at radius 2 is 1.53 bits per heavy atom. The second kappa shape index (κ2) is 7.87. The quantitative estimate of drug-likeness (QED) is 0.264. The minimum Gasteiger partial charge on any atom is -0.497 e. The van der Waals surface area contributed by atoms with E-state index in [-0.39, 0.29) is 0 Å². The highest BCUT2D eigenvalue weighted by Crippen LogP contribution is 2.30. The normalized spacial score (nSPS) is 10.8. The first kappa shape index (κ1) is 19.5. The van der Waals surface area contributed by atoms with E-state index >= 15 is 0 Å². The average Bonchev–Trinajstić information content (AvgIpc) is 2.74. The molecule has 0 fully saturated rings. The van der Waals surface area contributed by atoms with E-state index in [4.69, 9.17) is 13.9 Å². The molecule has 30 heavy (non-hydrogen) atoms. The number of benzene rings is 3. The summed E-state index contributed by atoms with van der Waals surface area (Å²) in [6.07, 6.45) is 0. The van der Waals surface area contributed by atoms with Gasteiger partial charge in [0, 0.05) is 11.5 Å². The third kappa shape index (κ3) is 3.70. The fourth-order valence-electron chi connectivity index (χ4n) is 3.35. The molecule has 0 radical (unpaired) electrons. The van der Waals surface area contributed by atoms with Crippen LogP contribution >= 0.6 is 0 Å². The predicted octanol–water partition coefficient (Wildman–Crippen LogP) is 5.30. The average molecular weight is 400 g/mol. The monoisotopic (exact) mass is 400 g/mol. The Morgan fingerprint density at radius 1 is 0.867 bits per heavy atom. The van der Waals surface area contributed by atoms with Gasteiger partial charge < -0.3 is 13.9 Å². The molecule has 0 bridgehead atoms. The second-order valence-electron chi connectivity index (χ2n) is 7.03. The Labute approximate surface area is 173 Å². The van der Waals surface area contributed by atoms with Crippen molar-refractivity contribution in [2.24, 2.45) is 0 Å². The molecule has 1 aromatic heterocycles. The molecule has 0 spiro atoms. The summed E-state index contributed by atoms with van der Waals surface area (Å²) in [7, 11) is 1.59. The lowest BCUT2D eigenvalue weighted by atomic mass is 9.99. The molecular weight excluding hydrogens is 380 g/mol. The topological polar surface area (TPSA) is 65.7 Å². The van der Waals surface area contributed by atoms with Crippen molar-refractivity contribution >= 4 is 16.9 Å². The Hall–Kier alpha value is -3.86. The molecule has 150 valence electrons. The van der Waals surface area contributed by atoms with Gasteiger partial charge in [0.1, 0.15) is 17.1 Å². The van der Waals surface area contributed by atoms with Crippen LogP contribution in [-0.2, 0) is 0 Å². The number of hydrogen-bond acceptors (Lipinski definition) is 5. The van der Waals surface area contributed by atoms with Crippen LogP contribution in [0.15, 0.2) is 75.9 Å². The molecule has 1 heterocycles. The van der Waals surface area contributed by atoms with E-state index in [1.165, 1.54) is 0 Å². The molecule has 4 rings (SSSR count). The molecule has 0 aliphatic rings. The van der Waals surface area contributed by atoms with Crippen LogP contribution in [0.25, 0.3) is 22.1 Å². The summed E-state index contributed by atoms with van der Waals surface area (Å²) < 4.78 is 16.2. The zero-order chi connectivity index (χ0) is 21.3. The lowest BCUT2D eigenvalue weighted by Gasteiger charge is -2.10. The van der Waals surface area contributed by atoms with Crippen LogP contribution in [0.3, 0.4) is 0 Å². The number of carbonyl (C=O) groups excluding carboxylic acids is 1. The van der Waals surface area contributed by atoms with Crippen LogP contribution in [0.4, 0.5) is 0 Å². The van der Waals surface area contributed by atoms with E-state index in [0.717, 1.165) is 22.1 Å². The number of hydrogen-bond donors (Lipinski definition) is 0. The van der Waals surface area contributed by atoms with Crippen molar-refractivity contribution in [3.8, 4) is 22.6 Å². The van der Waals surface area contributed by atoms with Crippen LogP contribution in [0, 0.1) is 13.8 Å². The molecule has 5 nitrogen and oxygen atoms in total. The largest absolute Gasteiger partial charge is 0.497 e. The number of esters is 1. The van der Waals surface area contributed by atoms with E-state index in [0.29, 0.717) is 28.2 Å². The van der Waals surface area contributed by atoms with Crippen molar-refractivity contribution < 1.29 is 18.7 Å². The first-order valence-corrected chi connectivity index (χ1v) is 9.47. The molecule has 0 aliphatic heterocycles. The zero-order valence-electron chi connectivity index (χ0n) is 16.9. The molecular formula is C25H20O5. The third-order valence-corrected chi connectivity index (χ3v) is 5.02. The van der Waals surface area contributed by atoms with Crippen molar-refractivity contribution in [3.05, 3.63) is 93.8 Å². The minimum absolute atomic E-state index is 0.313. The fourth-order valence-corrected chi connectivity index (χ4v) is 3.35. The van der Waals surface area contributed by atoms with E-state index in [9.17, 15) is 9.59 Å². The highest BCUT2D eigenvalue weighted by molar-refractivity contribution is 5.92. The second-order valence-corrected chi connectivity index (χ2v) is 7.03. The van der Waals surface area contributed by atoms with Crippen LogP contribution in [0.5, 0.6) is 11.5 Å². The number of fused-ring (bicyclic) bond motifs is 1. The number of methoxy groups -OCH3 is 1. The summed E-state index contributed by atoms with van der Waals surface area (Å²) in [5.41, 5.74) is 3.46. The summed E-state index contributed by atoms with van der Waals surface area (Å²) in [6, 6.07) is 19.4. The number of aryl methyl sites for hydroxylation is 2. The molecule has 5 heteroatoms. The zero-order valence-corrected chi connectivity index (χ0v) is 16.9. The van der Waals surface area contributed by atoms with Crippen molar-refractivity contribution in [1.29, 1.82) is 0 Å². The molecule has 0 aliphatic carbocycles. The number of rotatable bonds is 4. The van der Waals surface area contributed by atoms with Gasteiger partial charge in [0.05, 0.1) is 18.2 Å². The van der Waals surface area contributed by atoms with Crippen molar-refractivity contribution in [2.75, 3.05) is 7.11 Å². The van der Waals surface area contributed by atoms with E-state index < -0.39 is 11.6 Å². The van der Waals surface area contributed by atoms with E-state index in [2.05, 4.69) is 0 Å². The van der Waals surface area contributed by atoms with Gasteiger partial charge in [0.25, 0.3) is 0 Å². The lowest BCUT2D eigenvalue weighted by molar-refractivity contribution is 0.0735. The van der Waals surface area contributed by atoms with Gasteiger partial charge in [-0.25, -0.2) is 9.59 Å². The van der Waals surface area contributed by atoms with Gasteiger partial charge in [-0.3, -0.25) is 0 Å². The Kier molecular flexibility index (Phi) is 5.11. The standard InChI is InChI=1S/C25H20O5/c1-15-4-6-18(7-5-15)24(26)29-20-12-13-21-16(2)23(25(27)30-22(21)14-20)17-8-10-19(28-3)11-9-17/h4-14H,1-3H3. The minimum atomic E-state index is -0.469. The first-order chi connectivity index (χ1) is 14.5. The molecule has 0 saturated heterocycles. The highest BCUT2D eigenvalue weighted by atomic mass is 16.5. The first-order valence-electron chi connectivity index (χ1n) is 9.47. The predicted molar refractivity (Wildman–Crippen MR) is 115 cm³/mol. The molecule has 0 saturated carbocycles. The van der Waals surface area contributed by atoms with E-state index in [1.807, 2.05) is 38.1 Å². The summed E-state index contributed by atoms with van der Waals surface area (Å²) >= 11 is 0. The summed E-state index contributed by atoms with van der Waals surface area (Å²) in [5, 5.41) is 0.774. The van der Waals surface area contributed by atoms with Gasteiger partial charge in [-0.05, 0) is 61.4 Å². The molecule has 3 aromatic carbocycles. The Morgan fingerprint density at radius 3 is 2.20 bits per heavy atom. The van der Waals surface area contributed by atoms with Gasteiger partial charge in [-0.1, -0.05) is 29.8 Å². The van der Waals surface area contributed by atoms with Crippen molar-refractivity contribution in [3.63, 3.8) is 0 Å². The third-order valence-electron chi connectivity index (χ3n) is 5.02. The molecule has 0 N–H and O–H groups in total. The van der Waals surface area contributed by atoms with E-state index in [1.54, 1.807) is 49.6 Å². The van der Waals surface area contributed by atoms with Crippen molar-refractivity contribution in [2.45, 2.75) is 13.8 Å². The molecule has 4 aromatic rings. The molecule has 0 unspecified atom stereocenters. The van der Waals surface area contributed by atoms with Gasteiger partial charge in [0.2, 0.25) is 0 Å². The maximum absolute atomic E-state index is 12.7. The smallest absolute Gasteiger partial charge is 0.344 e. The lowest BCUT2D eigenvalue weighted by Crippen LogP contribution is -2.09. The Bertz CT molecular complexity index is 1280.